The summed E-state index contributed by atoms with van der Waals surface area (Å²) in [6.45, 7) is 2.65. The number of nitrogen functional groups attached to an aromatic ring is 1. The molecule has 0 saturated heterocycles. The zero-order chi connectivity index (χ0) is 16.2. The first-order valence-corrected chi connectivity index (χ1v) is 7.32. The van der Waals surface area contributed by atoms with Gasteiger partial charge >= 0.3 is 0 Å². The van der Waals surface area contributed by atoms with Gasteiger partial charge in [-0.25, -0.2) is 9.67 Å². The van der Waals surface area contributed by atoms with Gasteiger partial charge in [-0.05, 0) is 24.3 Å². The number of rotatable bonds is 5. The number of nitrogens with one attached hydrogen (secondary N) is 2. The van der Waals surface area contributed by atoms with Crippen molar-refractivity contribution in [1.82, 2.24) is 20.1 Å². The highest BCUT2D eigenvalue weighted by Gasteiger charge is 2.06. The Morgan fingerprint density at radius 3 is 2.91 bits per heavy atom. The summed E-state index contributed by atoms with van der Waals surface area (Å²) in [4.78, 5) is 15.3. The van der Waals surface area contributed by atoms with Crippen molar-refractivity contribution in [3.05, 3.63) is 42.7 Å². The van der Waals surface area contributed by atoms with Crippen LogP contribution in [0.25, 0.3) is 16.6 Å². The number of nitrogens with zero attached hydrogens (tertiary/aromatic N) is 3. The number of nitrogens with two attached hydrogens (primary N) is 1. The molecule has 0 bridgehead atoms. The Hall–Kier alpha value is -3.09. The minimum atomic E-state index is -0.0465. The summed E-state index contributed by atoms with van der Waals surface area (Å²) in [5, 5.41) is 11.2. The first kappa shape index (κ1) is 14.8. The Bertz CT molecular complexity index is 828. The third-order valence-corrected chi connectivity index (χ3v) is 3.40. The molecule has 0 saturated carbocycles. The molecular weight excluding hydrogens is 292 g/mol. The van der Waals surface area contributed by atoms with E-state index in [1.54, 1.807) is 16.9 Å². The van der Waals surface area contributed by atoms with E-state index in [1.807, 2.05) is 30.5 Å². The fraction of sp³-hybridized carbons (Fsp3) is 0.188. The van der Waals surface area contributed by atoms with Gasteiger partial charge in [0.25, 0.3) is 0 Å². The van der Waals surface area contributed by atoms with Crippen LogP contribution in [0.3, 0.4) is 0 Å². The highest BCUT2D eigenvalue weighted by atomic mass is 16.1. The minimum Gasteiger partial charge on any atom is -0.384 e. The lowest BCUT2D eigenvalue weighted by Crippen LogP contribution is -2.26. The smallest absolute Gasteiger partial charge is 0.216 e. The maximum absolute atomic E-state index is 10.9. The predicted octanol–water partition coefficient (Wildman–Crippen LogP) is 1.55. The normalized spacial score (nSPS) is 10.7. The highest BCUT2D eigenvalue weighted by molar-refractivity contribution is 5.94. The molecule has 3 aromatic rings. The summed E-state index contributed by atoms with van der Waals surface area (Å²) in [6.07, 6.45) is 3.60. The van der Waals surface area contributed by atoms with Crippen molar-refractivity contribution in [3.63, 3.8) is 0 Å². The number of carbonyl (C=O) groups excluding carboxylic acids is 1. The molecule has 0 aliphatic carbocycles. The van der Waals surface area contributed by atoms with Crippen LogP contribution in [-0.2, 0) is 4.79 Å². The van der Waals surface area contributed by atoms with Crippen molar-refractivity contribution in [2.75, 3.05) is 24.1 Å². The lowest BCUT2D eigenvalue weighted by atomic mass is 10.1. The quantitative estimate of drug-likeness (QED) is 0.621. The molecule has 2 heterocycles. The molecule has 1 aromatic carbocycles. The molecule has 0 radical (unpaired) electrons. The third kappa shape index (κ3) is 3.39. The van der Waals surface area contributed by atoms with Crippen LogP contribution in [0.5, 0.6) is 0 Å². The molecule has 4 N–H and O–H groups in total. The molecule has 0 aliphatic rings. The van der Waals surface area contributed by atoms with Crippen molar-refractivity contribution in [1.29, 1.82) is 0 Å². The van der Waals surface area contributed by atoms with Crippen molar-refractivity contribution < 1.29 is 4.79 Å². The van der Waals surface area contributed by atoms with Crippen LogP contribution in [0, 0.1) is 0 Å². The number of hydrogen-bond acceptors (Lipinski definition) is 5. The standard InChI is InChI=1S/C16H18N6O/c1-11(23)18-6-7-19-14-10-16(17)21-15-9-12(3-4-13(14)15)22-8-2-5-20-22/h2-5,8-10H,6-7H2,1H3,(H,18,23)(H3,17,19,21). The van der Waals surface area contributed by atoms with Crippen molar-refractivity contribution in [2.24, 2.45) is 0 Å². The number of hydrogen-bond donors (Lipinski definition) is 3. The summed E-state index contributed by atoms with van der Waals surface area (Å²) >= 11 is 0. The number of pyridine rings is 1. The highest BCUT2D eigenvalue weighted by Crippen LogP contribution is 2.26. The fourth-order valence-corrected chi connectivity index (χ4v) is 2.38. The topological polar surface area (TPSA) is 97.9 Å². The van der Waals surface area contributed by atoms with Crippen LogP contribution in [0.1, 0.15) is 6.92 Å². The Morgan fingerprint density at radius 1 is 1.30 bits per heavy atom. The molecule has 0 spiro atoms. The van der Waals surface area contributed by atoms with E-state index in [-0.39, 0.29) is 5.91 Å². The molecule has 0 unspecified atom stereocenters. The average Bonchev–Trinajstić information content (AvgIpc) is 3.04. The van der Waals surface area contributed by atoms with Crippen LogP contribution in [-0.4, -0.2) is 33.8 Å². The van der Waals surface area contributed by atoms with Gasteiger partial charge in [0.2, 0.25) is 5.91 Å². The molecule has 2 aromatic heterocycles. The maximum Gasteiger partial charge on any atom is 0.216 e. The molecule has 0 fully saturated rings. The lowest BCUT2D eigenvalue weighted by molar-refractivity contribution is -0.118. The van der Waals surface area contributed by atoms with Gasteiger partial charge < -0.3 is 16.4 Å². The Labute approximate surface area is 133 Å². The number of carbonyl (C=O) groups is 1. The molecule has 1 amide bonds. The second-order valence-corrected chi connectivity index (χ2v) is 5.16. The van der Waals surface area contributed by atoms with E-state index in [9.17, 15) is 4.79 Å². The zero-order valence-electron chi connectivity index (χ0n) is 12.8. The van der Waals surface area contributed by atoms with Crippen LogP contribution in [0.4, 0.5) is 11.5 Å². The second kappa shape index (κ2) is 6.35. The number of benzene rings is 1. The van der Waals surface area contributed by atoms with E-state index < -0.39 is 0 Å². The van der Waals surface area contributed by atoms with Gasteiger partial charge in [-0.1, -0.05) is 0 Å². The summed E-state index contributed by atoms with van der Waals surface area (Å²) in [7, 11) is 0. The Kier molecular flexibility index (Phi) is 4.09. The van der Waals surface area contributed by atoms with Crippen LogP contribution < -0.4 is 16.4 Å². The van der Waals surface area contributed by atoms with Gasteiger partial charge in [0, 0.05) is 49.5 Å². The minimum absolute atomic E-state index is 0.0465. The van der Waals surface area contributed by atoms with E-state index in [0.29, 0.717) is 18.9 Å². The van der Waals surface area contributed by atoms with Crippen molar-refractivity contribution >= 4 is 28.3 Å². The summed E-state index contributed by atoms with van der Waals surface area (Å²) in [6, 6.07) is 9.57. The second-order valence-electron chi connectivity index (χ2n) is 5.16. The molecule has 3 rings (SSSR count). The largest absolute Gasteiger partial charge is 0.384 e. The Morgan fingerprint density at radius 2 is 2.17 bits per heavy atom. The van der Waals surface area contributed by atoms with Crippen LogP contribution >= 0.6 is 0 Å². The molecule has 0 aliphatic heterocycles. The van der Waals surface area contributed by atoms with Gasteiger partial charge in [0.1, 0.15) is 5.82 Å². The number of fused-ring (bicyclic) bond motifs is 1. The molecular formula is C16H18N6O. The first-order chi connectivity index (χ1) is 11.1. The van der Waals surface area contributed by atoms with Gasteiger partial charge in [0.05, 0.1) is 11.2 Å². The molecule has 23 heavy (non-hydrogen) atoms. The van der Waals surface area contributed by atoms with Gasteiger partial charge in [-0.3, -0.25) is 4.79 Å². The van der Waals surface area contributed by atoms with Crippen LogP contribution in [0.15, 0.2) is 42.7 Å². The first-order valence-electron chi connectivity index (χ1n) is 7.32. The number of aromatic nitrogens is 3. The van der Waals surface area contributed by atoms with Crippen molar-refractivity contribution in [3.8, 4) is 5.69 Å². The third-order valence-electron chi connectivity index (χ3n) is 3.40. The zero-order valence-corrected chi connectivity index (χ0v) is 12.8. The SMILES string of the molecule is CC(=O)NCCNc1cc(N)nc2cc(-n3cccn3)ccc12. The number of amides is 1. The van der Waals surface area contributed by atoms with E-state index in [4.69, 9.17) is 5.73 Å². The van der Waals surface area contributed by atoms with Gasteiger partial charge in [-0.15, -0.1) is 0 Å². The summed E-state index contributed by atoms with van der Waals surface area (Å²) < 4.78 is 1.77. The van der Waals surface area contributed by atoms with Gasteiger partial charge in [0.15, 0.2) is 0 Å². The predicted molar refractivity (Wildman–Crippen MR) is 90.5 cm³/mol. The molecule has 0 atom stereocenters. The van der Waals surface area contributed by atoms with E-state index in [0.717, 1.165) is 22.3 Å². The monoisotopic (exact) mass is 310 g/mol. The maximum atomic E-state index is 10.9. The van der Waals surface area contributed by atoms with Crippen molar-refractivity contribution in [2.45, 2.75) is 6.92 Å². The van der Waals surface area contributed by atoms with Crippen LogP contribution in [0.2, 0.25) is 0 Å². The fourth-order valence-electron chi connectivity index (χ4n) is 2.38. The number of anilines is 2. The van der Waals surface area contributed by atoms with E-state index in [1.165, 1.54) is 6.92 Å². The van der Waals surface area contributed by atoms with Gasteiger partial charge in [-0.2, -0.15) is 5.10 Å². The molecule has 7 nitrogen and oxygen atoms in total. The molecule has 118 valence electrons. The average molecular weight is 310 g/mol. The Balaban J connectivity index is 1.88. The molecule has 7 heteroatoms. The van der Waals surface area contributed by atoms with E-state index >= 15 is 0 Å². The lowest BCUT2D eigenvalue weighted by Gasteiger charge is -2.12. The summed E-state index contributed by atoms with van der Waals surface area (Å²) in [5.74, 6) is 0.395. The van der Waals surface area contributed by atoms with E-state index in [2.05, 4.69) is 20.7 Å². The summed E-state index contributed by atoms with van der Waals surface area (Å²) in [5.41, 5.74) is 8.51.